The maximum Gasteiger partial charge on any atom is 0.416 e. The summed E-state index contributed by atoms with van der Waals surface area (Å²) in [7, 11) is 1.40. The third kappa shape index (κ3) is 1.65. The summed E-state index contributed by atoms with van der Waals surface area (Å²) in [5, 5.41) is 0. The number of rotatable bonds is 1. The summed E-state index contributed by atoms with van der Waals surface area (Å²) < 4.78 is 42.9. The van der Waals surface area contributed by atoms with Gasteiger partial charge in [-0.05, 0) is 17.2 Å². The molecule has 1 aromatic carbocycles. The van der Waals surface area contributed by atoms with Gasteiger partial charge >= 0.3 is 6.18 Å². The Bertz CT molecular complexity index is 407. The lowest BCUT2D eigenvalue weighted by atomic mass is 10.1. The zero-order chi connectivity index (χ0) is 11.1. The predicted molar refractivity (Wildman–Crippen MR) is 50.2 cm³/mol. The van der Waals surface area contributed by atoms with E-state index in [1.54, 1.807) is 18.2 Å². The van der Waals surface area contributed by atoms with Crippen LogP contribution in [0.3, 0.4) is 0 Å². The molecular weight excluding hydrogens is 205 g/mol. The van der Waals surface area contributed by atoms with Gasteiger partial charge in [-0.1, -0.05) is 24.3 Å². The Kier molecular flexibility index (Phi) is 2.31. The second kappa shape index (κ2) is 3.38. The average Bonchev–Trinajstić information content (AvgIpc) is 2.55. The fraction of sp³-hybridized carbons (Fsp3) is 0.273. The second-order valence-corrected chi connectivity index (χ2v) is 3.32. The van der Waals surface area contributed by atoms with Crippen LogP contribution in [-0.2, 0) is 4.74 Å². The largest absolute Gasteiger partial charge is 0.416 e. The quantitative estimate of drug-likeness (QED) is 0.696. The Balaban J connectivity index is 2.52. The van der Waals surface area contributed by atoms with Crippen LogP contribution >= 0.6 is 0 Å². The van der Waals surface area contributed by atoms with Crippen molar-refractivity contribution in [2.75, 3.05) is 7.11 Å². The minimum atomic E-state index is -4.32. The van der Waals surface area contributed by atoms with Crippen LogP contribution in [0.15, 0.2) is 30.3 Å². The van der Waals surface area contributed by atoms with Crippen LogP contribution in [0.5, 0.6) is 0 Å². The Morgan fingerprint density at radius 1 is 1.20 bits per heavy atom. The van der Waals surface area contributed by atoms with Gasteiger partial charge in [0.2, 0.25) is 0 Å². The van der Waals surface area contributed by atoms with Gasteiger partial charge in [0, 0.05) is 7.11 Å². The van der Waals surface area contributed by atoms with Crippen molar-refractivity contribution in [2.45, 2.75) is 12.3 Å². The molecule has 0 saturated carbocycles. The normalized spacial score (nSPS) is 20.0. The molecule has 1 aromatic rings. The highest BCUT2D eigenvalue weighted by Crippen LogP contribution is 2.44. The molecule has 80 valence electrons. The number of benzene rings is 1. The van der Waals surface area contributed by atoms with Gasteiger partial charge in [0.1, 0.15) is 6.10 Å². The highest BCUT2D eigenvalue weighted by Gasteiger charge is 2.40. The van der Waals surface area contributed by atoms with Gasteiger partial charge in [-0.15, -0.1) is 0 Å². The zero-order valence-electron chi connectivity index (χ0n) is 8.01. The van der Waals surface area contributed by atoms with E-state index >= 15 is 0 Å². The number of allylic oxidation sites excluding steroid dienone is 1. The molecule has 0 spiro atoms. The first-order valence-electron chi connectivity index (χ1n) is 4.45. The molecule has 0 saturated heterocycles. The summed E-state index contributed by atoms with van der Waals surface area (Å²) in [5.41, 5.74) is 0.189. The van der Waals surface area contributed by atoms with Crippen molar-refractivity contribution in [1.82, 2.24) is 0 Å². The predicted octanol–water partition coefficient (Wildman–Crippen LogP) is 3.33. The Labute approximate surface area is 85.2 Å². The molecule has 1 atom stereocenters. The lowest BCUT2D eigenvalue weighted by Gasteiger charge is -2.09. The Hall–Kier alpha value is -1.29. The van der Waals surface area contributed by atoms with Crippen LogP contribution in [0.25, 0.3) is 5.57 Å². The molecule has 1 nitrogen and oxygen atoms in total. The van der Waals surface area contributed by atoms with E-state index in [1.165, 1.54) is 13.2 Å². The Morgan fingerprint density at radius 2 is 1.87 bits per heavy atom. The lowest BCUT2D eigenvalue weighted by molar-refractivity contribution is -0.0690. The molecule has 0 fully saturated rings. The van der Waals surface area contributed by atoms with Gasteiger partial charge in [0.15, 0.2) is 0 Å². The monoisotopic (exact) mass is 214 g/mol. The van der Waals surface area contributed by atoms with Gasteiger partial charge in [-0.2, -0.15) is 13.2 Å². The third-order valence-corrected chi connectivity index (χ3v) is 2.43. The molecule has 4 heteroatoms. The van der Waals surface area contributed by atoms with E-state index in [1.807, 2.05) is 0 Å². The number of hydrogen-bond donors (Lipinski definition) is 0. The molecule has 2 rings (SSSR count). The molecule has 0 bridgehead atoms. The van der Waals surface area contributed by atoms with Crippen molar-refractivity contribution in [3.8, 4) is 0 Å². The molecule has 1 unspecified atom stereocenters. The smallest absolute Gasteiger partial charge is 0.373 e. The van der Waals surface area contributed by atoms with Gasteiger partial charge in [-0.3, -0.25) is 0 Å². The van der Waals surface area contributed by atoms with Crippen molar-refractivity contribution in [3.05, 3.63) is 41.5 Å². The van der Waals surface area contributed by atoms with Crippen molar-refractivity contribution < 1.29 is 17.9 Å². The summed E-state index contributed by atoms with van der Waals surface area (Å²) in [6.45, 7) is 0. The molecule has 0 aliphatic heterocycles. The molecule has 0 aromatic heterocycles. The number of fused-ring (bicyclic) bond motifs is 1. The van der Waals surface area contributed by atoms with E-state index in [4.69, 9.17) is 4.74 Å². The van der Waals surface area contributed by atoms with E-state index < -0.39 is 17.9 Å². The van der Waals surface area contributed by atoms with Crippen LogP contribution in [0, 0.1) is 0 Å². The highest BCUT2D eigenvalue weighted by atomic mass is 19.4. The number of ether oxygens (including phenoxy) is 1. The molecule has 15 heavy (non-hydrogen) atoms. The van der Waals surface area contributed by atoms with Crippen molar-refractivity contribution >= 4 is 5.57 Å². The van der Waals surface area contributed by atoms with Crippen LogP contribution < -0.4 is 0 Å². The average molecular weight is 214 g/mol. The second-order valence-electron chi connectivity index (χ2n) is 3.32. The third-order valence-electron chi connectivity index (χ3n) is 2.43. The molecule has 0 amide bonds. The summed E-state index contributed by atoms with van der Waals surface area (Å²) in [6.07, 6.45) is -3.79. The standard InChI is InChI=1S/C11H9F3O/c1-15-10-6-9(11(12,13)14)7-4-2-3-5-8(7)10/h2-6,10H,1H3. The SMILES string of the molecule is COC1C=C(C(F)(F)F)c2ccccc21. The number of alkyl halides is 3. The first-order valence-corrected chi connectivity index (χ1v) is 4.45. The van der Waals surface area contributed by atoms with Gasteiger partial charge in [0.25, 0.3) is 0 Å². The van der Waals surface area contributed by atoms with Crippen molar-refractivity contribution in [2.24, 2.45) is 0 Å². The molecule has 0 N–H and O–H groups in total. The van der Waals surface area contributed by atoms with E-state index in [-0.39, 0.29) is 5.56 Å². The van der Waals surface area contributed by atoms with Crippen molar-refractivity contribution in [3.63, 3.8) is 0 Å². The summed E-state index contributed by atoms with van der Waals surface area (Å²) in [6, 6.07) is 6.42. The fourth-order valence-electron chi connectivity index (χ4n) is 1.76. The topological polar surface area (TPSA) is 9.23 Å². The molecular formula is C11H9F3O. The molecule has 0 heterocycles. The number of halogens is 3. The van der Waals surface area contributed by atoms with Gasteiger partial charge in [-0.25, -0.2) is 0 Å². The minimum absolute atomic E-state index is 0.219. The van der Waals surface area contributed by atoms with E-state index in [9.17, 15) is 13.2 Å². The zero-order valence-corrected chi connectivity index (χ0v) is 8.01. The Morgan fingerprint density at radius 3 is 2.47 bits per heavy atom. The van der Waals surface area contributed by atoms with Crippen LogP contribution in [0.4, 0.5) is 13.2 Å². The van der Waals surface area contributed by atoms with E-state index in [2.05, 4.69) is 0 Å². The summed E-state index contributed by atoms with van der Waals surface area (Å²) >= 11 is 0. The number of methoxy groups -OCH3 is 1. The summed E-state index contributed by atoms with van der Waals surface area (Å²) in [4.78, 5) is 0. The van der Waals surface area contributed by atoms with Crippen LogP contribution in [0.1, 0.15) is 17.2 Å². The first kappa shape index (κ1) is 10.2. The fourth-order valence-corrected chi connectivity index (χ4v) is 1.76. The molecule has 1 aliphatic rings. The van der Waals surface area contributed by atoms with Gasteiger partial charge in [0.05, 0.1) is 5.57 Å². The summed E-state index contributed by atoms with van der Waals surface area (Å²) in [5.74, 6) is 0. The maximum atomic E-state index is 12.6. The highest BCUT2D eigenvalue weighted by molar-refractivity contribution is 5.77. The molecule has 0 radical (unpaired) electrons. The van der Waals surface area contributed by atoms with Gasteiger partial charge < -0.3 is 4.74 Å². The first-order chi connectivity index (χ1) is 7.04. The van der Waals surface area contributed by atoms with E-state index in [0.717, 1.165) is 6.08 Å². The minimum Gasteiger partial charge on any atom is -0.373 e. The lowest BCUT2D eigenvalue weighted by Crippen LogP contribution is -2.09. The van der Waals surface area contributed by atoms with E-state index in [0.29, 0.717) is 5.56 Å². The van der Waals surface area contributed by atoms with Crippen LogP contribution in [0.2, 0.25) is 0 Å². The number of hydrogen-bond acceptors (Lipinski definition) is 1. The maximum absolute atomic E-state index is 12.6. The van der Waals surface area contributed by atoms with Crippen LogP contribution in [-0.4, -0.2) is 13.3 Å². The molecule has 1 aliphatic carbocycles. The van der Waals surface area contributed by atoms with Crippen molar-refractivity contribution in [1.29, 1.82) is 0 Å².